The van der Waals surface area contributed by atoms with Crippen molar-refractivity contribution in [3.63, 3.8) is 0 Å². The summed E-state index contributed by atoms with van der Waals surface area (Å²) in [6, 6.07) is 14.2. The second kappa shape index (κ2) is 10.0. The number of unbranched alkanes of at least 4 members (excludes halogenated alkanes) is 1. The number of sulfonamides is 1. The van der Waals surface area contributed by atoms with Gasteiger partial charge in [0.1, 0.15) is 0 Å². The number of anilines is 1. The minimum absolute atomic E-state index is 0.0679. The fraction of sp³-hybridized carbons (Fsp3) is 0.350. The monoisotopic (exact) mass is 452 g/mol. The third kappa shape index (κ3) is 7.44. The number of hydrogen-bond donors (Lipinski definition) is 2. The maximum absolute atomic E-state index is 12.1. The van der Waals surface area contributed by atoms with Crippen LogP contribution in [0, 0.1) is 0 Å². The van der Waals surface area contributed by atoms with Gasteiger partial charge in [-0.25, -0.2) is 13.1 Å². The molecule has 0 aromatic heterocycles. The van der Waals surface area contributed by atoms with Crippen LogP contribution in [0.25, 0.3) is 0 Å². The van der Waals surface area contributed by atoms with Crippen molar-refractivity contribution in [2.75, 3.05) is 5.32 Å². The highest BCUT2D eigenvalue weighted by Crippen LogP contribution is 2.16. The summed E-state index contributed by atoms with van der Waals surface area (Å²) >= 11 is 3.41. The number of rotatable bonds is 9. The van der Waals surface area contributed by atoms with Crippen molar-refractivity contribution in [3.05, 3.63) is 58.6 Å². The van der Waals surface area contributed by atoms with E-state index < -0.39 is 10.0 Å². The highest BCUT2D eigenvalue weighted by molar-refractivity contribution is 9.10. The summed E-state index contributed by atoms with van der Waals surface area (Å²) in [5.41, 5.74) is 1.85. The Morgan fingerprint density at radius 2 is 1.63 bits per heavy atom. The maximum atomic E-state index is 12.1. The van der Waals surface area contributed by atoms with E-state index in [2.05, 4.69) is 38.1 Å². The van der Waals surface area contributed by atoms with Gasteiger partial charge in [0.25, 0.3) is 0 Å². The van der Waals surface area contributed by atoms with Gasteiger partial charge in [0.2, 0.25) is 15.9 Å². The minimum atomic E-state index is -3.52. The predicted molar refractivity (Wildman–Crippen MR) is 112 cm³/mol. The van der Waals surface area contributed by atoms with Crippen molar-refractivity contribution in [1.82, 2.24) is 4.72 Å². The van der Waals surface area contributed by atoms with Gasteiger partial charge in [-0.1, -0.05) is 28.1 Å². The molecule has 0 radical (unpaired) electrons. The molecule has 27 heavy (non-hydrogen) atoms. The molecule has 2 N–H and O–H groups in total. The first-order chi connectivity index (χ1) is 12.8. The SMILES string of the molecule is CC(C)NS(=O)(=O)c1ccc(NC(=O)CCCCc2ccc(Br)cc2)cc1. The van der Waals surface area contributed by atoms with Gasteiger partial charge in [-0.3, -0.25) is 4.79 Å². The molecule has 0 saturated heterocycles. The summed E-state index contributed by atoms with van der Waals surface area (Å²) < 4.78 is 27.8. The van der Waals surface area contributed by atoms with Gasteiger partial charge in [0.15, 0.2) is 0 Å². The fourth-order valence-corrected chi connectivity index (χ4v) is 4.10. The molecule has 5 nitrogen and oxygen atoms in total. The zero-order valence-electron chi connectivity index (χ0n) is 15.5. The van der Waals surface area contributed by atoms with Gasteiger partial charge >= 0.3 is 0 Å². The first kappa shape index (κ1) is 21.6. The third-order valence-electron chi connectivity index (χ3n) is 3.87. The predicted octanol–water partition coefficient (Wildman–Crippen LogP) is 4.49. The lowest BCUT2D eigenvalue weighted by atomic mass is 10.1. The van der Waals surface area contributed by atoms with E-state index in [0.717, 1.165) is 23.7 Å². The Morgan fingerprint density at radius 1 is 1.00 bits per heavy atom. The summed E-state index contributed by atoms with van der Waals surface area (Å²) in [7, 11) is -3.52. The van der Waals surface area contributed by atoms with Gasteiger partial charge in [-0.15, -0.1) is 0 Å². The smallest absolute Gasteiger partial charge is 0.240 e. The summed E-state index contributed by atoms with van der Waals surface area (Å²) in [5, 5.41) is 2.81. The van der Waals surface area contributed by atoms with Crippen molar-refractivity contribution in [3.8, 4) is 0 Å². The van der Waals surface area contributed by atoms with Crippen LogP contribution >= 0.6 is 15.9 Å². The zero-order chi connectivity index (χ0) is 19.9. The van der Waals surface area contributed by atoms with Crippen molar-refractivity contribution in [1.29, 1.82) is 0 Å². The third-order valence-corrected chi connectivity index (χ3v) is 6.07. The van der Waals surface area contributed by atoms with Crippen molar-refractivity contribution in [2.45, 2.75) is 50.5 Å². The van der Waals surface area contributed by atoms with Crippen LogP contribution in [0.4, 0.5) is 5.69 Å². The second-order valence-electron chi connectivity index (χ2n) is 6.68. The maximum Gasteiger partial charge on any atom is 0.240 e. The molecule has 0 bridgehead atoms. The lowest BCUT2D eigenvalue weighted by molar-refractivity contribution is -0.116. The molecule has 0 saturated carbocycles. The van der Waals surface area contributed by atoms with E-state index >= 15 is 0 Å². The summed E-state index contributed by atoms with van der Waals surface area (Å²) in [5.74, 6) is -0.0679. The molecule has 0 unspecified atom stereocenters. The Hall–Kier alpha value is -1.70. The number of carbonyl (C=O) groups excluding carboxylic acids is 1. The average Bonchev–Trinajstić information content (AvgIpc) is 2.59. The Bertz CT molecular complexity index is 848. The lowest BCUT2D eigenvalue weighted by Gasteiger charge is -2.10. The van der Waals surface area contributed by atoms with Gasteiger partial charge in [0.05, 0.1) is 4.90 Å². The highest BCUT2D eigenvalue weighted by atomic mass is 79.9. The molecule has 0 aliphatic heterocycles. The Labute approximate surface area is 169 Å². The van der Waals surface area contributed by atoms with Crippen LogP contribution in [0.2, 0.25) is 0 Å². The van der Waals surface area contributed by atoms with Crippen LogP contribution < -0.4 is 10.0 Å². The number of aryl methyl sites for hydroxylation is 1. The van der Waals surface area contributed by atoms with E-state index in [1.54, 1.807) is 26.0 Å². The molecule has 146 valence electrons. The largest absolute Gasteiger partial charge is 0.326 e. The molecule has 2 aromatic carbocycles. The van der Waals surface area contributed by atoms with Crippen molar-refractivity contribution >= 4 is 37.5 Å². The van der Waals surface area contributed by atoms with Crippen LogP contribution in [-0.2, 0) is 21.2 Å². The van der Waals surface area contributed by atoms with Crippen LogP contribution in [0.5, 0.6) is 0 Å². The molecule has 0 fully saturated rings. The molecule has 0 aliphatic rings. The molecule has 1 amide bonds. The molecule has 2 rings (SSSR count). The number of carbonyl (C=O) groups is 1. The minimum Gasteiger partial charge on any atom is -0.326 e. The van der Waals surface area contributed by atoms with Gasteiger partial charge in [-0.2, -0.15) is 0 Å². The quantitative estimate of drug-likeness (QED) is 0.550. The zero-order valence-corrected chi connectivity index (χ0v) is 17.9. The molecule has 0 spiro atoms. The molecular weight excluding hydrogens is 428 g/mol. The van der Waals surface area contributed by atoms with Crippen LogP contribution in [0.3, 0.4) is 0 Å². The summed E-state index contributed by atoms with van der Waals surface area (Å²) in [4.78, 5) is 12.2. The molecule has 7 heteroatoms. The van der Waals surface area contributed by atoms with Gasteiger partial charge in [-0.05, 0) is 75.1 Å². The van der Waals surface area contributed by atoms with E-state index in [4.69, 9.17) is 0 Å². The molecule has 0 aliphatic carbocycles. The van der Waals surface area contributed by atoms with Crippen LogP contribution in [0.1, 0.15) is 38.7 Å². The number of benzene rings is 2. The average molecular weight is 453 g/mol. The molecule has 2 aromatic rings. The van der Waals surface area contributed by atoms with E-state index in [0.29, 0.717) is 12.1 Å². The first-order valence-corrected chi connectivity index (χ1v) is 11.2. The first-order valence-electron chi connectivity index (χ1n) is 8.93. The van der Waals surface area contributed by atoms with Gasteiger partial charge in [0, 0.05) is 22.6 Å². The molecular formula is C20H25BrN2O3S. The van der Waals surface area contributed by atoms with E-state index in [1.807, 2.05) is 12.1 Å². The highest BCUT2D eigenvalue weighted by Gasteiger charge is 2.15. The normalized spacial score (nSPS) is 11.6. The number of halogens is 1. The van der Waals surface area contributed by atoms with Crippen molar-refractivity contribution < 1.29 is 13.2 Å². The standard InChI is InChI=1S/C20H25BrN2O3S/c1-15(2)23-27(25,26)19-13-11-18(12-14-19)22-20(24)6-4-3-5-16-7-9-17(21)10-8-16/h7-15,23H,3-6H2,1-2H3,(H,22,24). The number of hydrogen-bond acceptors (Lipinski definition) is 3. The van der Waals surface area contributed by atoms with E-state index in [9.17, 15) is 13.2 Å². The van der Waals surface area contributed by atoms with Crippen molar-refractivity contribution in [2.24, 2.45) is 0 Å². The number of nitrogens with one attached hydrogen (secondary N) is 2. The number of amides is 1. The molecule has 0 atom stereocenters. The summed E-state index contributed by atoms with van der Waals surface area (Å²) in [6.45, 7) is 3.53. The van der Waals surface area contributed by atoms with E-state index in [1.165, 1.54) is 17.7 Å². The topological polar surface area (TPSA) is 75.3 Å². The fourth-order valence-electron chi connectivity index (χ4n) is 2.59. The lowest BCUT2D eigenvalue weighted by Crippen LogP contribution is -2.30. The Kier molecular flexibility index (Phi) is 8.01. The van der Waals surface area contributed by atoms with Crippen LogP contribution in [-0.4, -0.2) is 20.4 Å². The Balaban J connectivity index is 1.77. The second-order valence-corrected chi connectivity index (χ2v) is 9.31. The summed E-state index contributed by atoms with van der Waals surface area (Å²) in [6.07, 6.45) is 3.11. The van der Waals surface area contributed by atoms with E-state index in [-0.39, 0.29) is 16.8 Å². The molecule has 0 heterocycles. The Morgan fingerprint density at radius 3 is 2.22 bits per heavy atom. The van der Waals surface area contributed by atoms with Gasteiger partial charge < -0.3 is 5.32 Å². The van der Waals surface area contributed by atoms with Crippen LogP contribution in [0.15, 0.2) is 57.9 Å².